The van der Waals surface area contributed by atoms with Crippen LogP contribution in [0.25, 0.3) is 0 Å². The second kappa shape index (κ2) is 4.87. The van der Waals surface area contributed by atoms with Crippen molar-refractivity contribution in [3.05, 3.63) is 48.2 Å². The van der Waals surface area contributed by atoms with Gasteiger partial charge in [0.05, 0.1) is 5.41 Å². The number of hydrogen-bond acceptors (Lipinski definition) is 3. The fourth-order valence-corrected chi connectivity index (χ4v) is 3.53. The maximum absolute atomic E-state index is 12.6. The molecule has 0 saturated carbocycles. The Bertz CT molecular complexity index is 797. The second-order valence-electron chi connectivity index (χ2n) is 6.20. The molecule has 2 aliphatic rings. The Morgan fingerprint density at radius 1 is 1.30 bits per heavy atom. The zero-order valence-corrected chi connectivity index (χ0v) is 12.8. The van der Waals surface area contributed by atoms with Gasteiger partial charge in [-0.05, 0) is 30.2 Å². The lowest BCUT2D eigenvalue weighted by molar-refractivity contribution is -0.125. The molecule has 23 heavy (non-hydrogen) atoms. The average Bonchev–Trinajstić information content (AvgIpc) is 3.21. The maximum atomic E-state index is 12.6. The molecular weight excluding hydrogens is 292 g/mol. The molecule has 6 heteroatoms. The molecule has 0 bridgehead atoms. The third-order valence-corrected chi connectivity index (χ3v) is 4.83. The molecule has 1 aromatic heterocycles. The molecule has 2 amide bonds. The fraction of sp³-hybridized carbons (Fsp3) is 0.294. The van der Waals surface area contributed by atoms with Gasteiger partial charge in [0.15, 0.2) is 0 Å². The number of hydrogen-bond donors (Lipinski definition) is 3. The summed E-state index contributed by atoms with van der Waals surface area (Å²) in [6, 6.07) is 11.0. The van der Waals surface area contributed by atoms with Crippen molar-refractivity contribution >= 4 is 23.3 Å². The first-order valence-corrected chi connectivity index (χ1v) is 7.67. The van der Waals surface area contributed by atoms with Crippen LogP contribution in [-0.4, -0.2) is 29.0 Å². The summed E-state index contributed by atoms with van der Waals surface area (Å²) in [5.74, 6) is 0.457. The van der Waals surface area contributed by atoms with Gasteiger partial charge in [-0.1, -0.05) is 18.2 Å². The third kappa shape index (κ3) is 2.02. The van der Waals surface area contributed by atoms with E-state index >= 15 is 0 Å². The van der Waals surface area contributed by atoms with Crippen LogP contribution in [0.3, 0.4) is 0 Å². The number of rotatable bonds is 2. The predicted molar refractivity (Wildman–Crippen MR) is 87.2 cm³/mol. The van der Waals surface area contributed by atoms with Gasteiger partial charge in [-0.15, -0.1) is 0 Å². The van der Waals surface area contributed by atoms with Crippen LogP contribution in [0.2, 0.25) is 0 Å². The zero-order valence-electron chi connectivity index (χ0n) is 12.8. The van der Waals surface area contributed by atoms with Crippen molar-refractivity contribution < 1.29 is 9.59 Å². The van der Waals surface area contributed by atoms with E-state index in [1.165, 1.54) is 0 Å². The fourth-order valence-electron chi connectivity index (χ4n) is 3.53. The number of aryl methyl sites for hydroxylation is 1. The third-order valence-electron chi connectivity index (χ3n) is 4.83. The number of carbonyl (C=O) groups excluding carboxylic acids is 2. The van der Waals surface area contributed by atoms with E-state index < -0.39 is 11.5 Å². The first-order valence-electron chi connectivity index (χ1n) is 7.67. The summed E-state index contributed by atoms with van der Waals surface area (Å²) in [5.41, 5.74) is 1.31. The minimum Gasteiger partial charge on any atom is -0.383 e. The Morgan fingerprint density at radius 3 is 2.91 bits per heavy atom. The van der Waals surface area contributed by atoms with Crippen LogP contribution in [0.5, 0.6) is 0 Å². The van der Waals surface area contributed by atoms with Crippen molar-refractivity contribution in [2.24, 2.45) is 7.05 Å². The van der Waals surface area contributed by atoms with Crippen molar-refractivity contribution in [1.82, 2.24) is 9.88 Å². The number of fused-ring (bicyclic) bond motifs is 2. The summed E-state index contributed by atoms with van der Waals surface area (Å²) < 4.78 is 1.83. The van der Waals surface area contributed by atoms with Gasteiger partial charge in [0.2, 0.25) is 11.8 Å². The van der Waals surface area contributed by atoms with E-state index in [1.54, 1.807) is 0 Å². The molecule has 0 aliphatic carbocycles. The Kier molecular flexibility index (Phi) is 2.94. The predicted octanol–water partition coefficient (Wildman–Crippen LogP) is 1.22. The van der Waals surface area contributed by atoms with Crippen LogP contribution in [0, 0.1) is 0 Å². The van der Waals surface area contributed by atoms with Crippen molar-refractivity contribution in [1.29, 1.82) is 0 Å². The first-order chi connectivity index (χ1) is 11.1. The Balaban J connectivity index is 1.58. The van der Waals surface area contributed by atoms with Crippen LogP contribution < -0.4 is 16.0 Å². The molecule has 3 heterocycles. The van der Waals surface area contributed by atoms with Gasteiger partial charge >= 0.3 is 0 Å². The van der Waals surface area contributed by atoms with Gasteiger partial charge in [0, 0.05) is 25.5 Å². The summed E-state index contributed by atoms with van der Waals surface area (Å²) in [7, 11) is 1.86. The van der Waals surface area contributed by atoms with Gasteiger partial charge in [-0.3, -0.25) is 9.59 Å². The zero-order chi connectivity index (χ0) is 16.0. The van der Waals surface area contributed by atoms with Crippen LogP contribution in [0.4, 0.5) is 11.5 Å². The lowest BCUT2D eigenvalue weighted by atomic mass is 9.79. The van der Waals surface area contributed by atoms with Crippen molar-refractivity contribution in [3.63, 3.8) is 0 Å². The highest BCUT2D eigenvalue weighted by Crippen LogP contribution is 2.43. The molecule has 2 aliphatic heterocycles. The highest BCUT2D eigenvalue weighted by Gasteiger charge is 2.53. The summed E-state index contributed by atoms with van der Waals surface area (Å²) in [6.07, 6.45) is 2.33. The molecular formula is C17H18N4O2. The lowest BCUT2D eigenvalue weighted by Crippen LogP contribution is -2.39. The number of para-hydroxylation sites is 1. The molecule has 2 atom stereocenters. The van der Waals surface area contributed by atoms with Gasteiger partial charge in [-0.25, -0.2) is 0 Å². The van der Waals surface area contributed by atoms with E-state index in [9.17, 15) is 9.59 Å². The molecule has 2 unspecified atom stereocenters. The quantitative estimate of drug-likeness (QED) is 0.780. The molecule has 0 radical (unpaired) electrons. The summed E-state index contributed by atoms with van der Waals surface area (Å²) in [5, 5.41) is 9.01. The Hall–Kier alpha value is -2.76. The molecule has 118 valence electrons. The van der Waals surface area contributed by atoms with E-state index in [4.69, 9.17) is 0 Å². The number of aromatic nitrogens is 1. The van der Waals surface area contributed by atoms with Crippen LogP contribution in [0.15, 0.2) is 42.6 Å². The Labute approximate surface area is 133 Å². The van der Waals surface area contributed by atoms with Gasteiger partial charge in [0.25, 0.3) is 0 Å². The summed E-state index contributed by atoms with van der Waals surface area (Å²) in [6.45, 7) is 0.534. The number of nitrogens with zero attached hydrogens (tertiary/aromatic N) is 1. The largest absolute Gasteiger partial charge is 0.383 e. The number of carbonyl (C=O) groups is 2. The highest BCUT2D eigenvalue weighted by molar-refractivity contribution is 6.03. The second-order valence-corrected chi connectivity index (χ2v) is 6.20. The van der Waals surface area contributed by atoms with Crippen molar-refractivity contribution in [2.75, 3.05) is 17.2 Å². The highest BCUT2D eigenvalue weighted by atomic mass is 16.2. The molecule has 6 nitrogen and oxygen atoms in total. The van der Waals surface area contributed by atoms with Gasteiger partial charge in [0.1, 0.15) is 11.9 Å². The number of anilines is 2. The van der Waals surface area contributed by atoms with E-state index in [-0.39, 0.29) is 11.8 Å². The lowest BCUT2D eigenvalue weighted by Gasteiger charge is -2.19. The van der Waals surface area contributed by atoms with Crippen molar-refractivity contribution in [3.8, 4) is 0 Å². The topological polar surface area (TPSA) is 75.2 Å². The summed E-state index contributed by atoms with van der Waals surface area (Å²) >= 11 is 0. The molecule has 2 aromatic rings. The monoisotopic (exact) mass is 310 g/mol. The SMILES string of the molecule is Cn1cccc1NC(=O)C1CC2(CNc3ccccc32)C(=O)N1. The first kappa shape index (κ1) is 13.9. The smallest absolute Gasteiger partial charge is 0.248 e. The van der Waals surface area contributed by atoms with Crippen LogP contribution >= 0.6 is 0 Å². The Morgan fingerprint density at radius 2 is 2.13 bits per heavy atom. The molecule has 3 N–H and O–H groups in total. The maximum Gasteiger partial charge on any atom is 0.248 e. The molecule has 1 spiro atoms. The average molecular weight is 310 g/mol. The van der Waals surface area contributed by atoms with E-state index in [0.717, 1.165) is 17.1 Å². The van der Waals surface area contributed by atoms with Crippen molar-refractivity contribution in [2.45, 2.75) is 17.9 Å². The van der Waals surface area contributed by atoms with E-state index in [2.05, 4.69) is 16.0 Å². The molecule has 1 fully saturated rings. The molecule has 1 saturated heterocycles. The molecule has 4 rings (SSSR count). The summed E-state index contributed by atoms with van der Waals surface area (Å²) in [4.78, 5) is 25.1. The van der Waals surface area contributed by atoms with Crippen LogP contribution in [-0.2, 0) is 22.1 Å². The number of nitrogens with one attached hydrogen (secondary N) is 3. The molecule has 1 aromatic carbocycles. The normalized spacial score (nSPS) is 25.1. The van der Waals surface area contributed by atoms with E-state index in [1.807, 2.05) is 54.2 Å². The van der Waals surface area contributed by atoms with E-state index in [0.29, 0.717) is 13.0 Å². The van der Waals surface area contributed by atoms with Gasteiger partial charge in [-0.2, -0.15) is 0 Å². The number of amides is 2. The van der Waals surface area contributed by atoms with Gasteiger partial charge < -0.3 is 20.5 Å². The standard InChI is InChI=1S/C17H18N4O2/c1-21-8-4-7-14(21)20-15(22)13-9-17(16(23)19-13)10-18-12-6-3-2-5-11(12)17/h2-8,13,18H,9-10H2,1H3,(H,19,23)(H,20,22). The van der Waals surface area contributed by atoms with Crippen LogP contribution in [0.1, 0.15) is 12.0 Å². The minimum absolute atomic E-state index is 0.0815. The minimum atomic E-state index is -0.646. The number of benzene rings is 1.